The average molecular weight is 346 g/mol. The molecule has 0 saturated carbocycles. The molecule has 7 heteroatoms. The van der Waals surface area contributed by atoms with Gasteiger partial charge >= 0.3 is 0 Å². The van der Waals surface area contributed by atoms with Gasteiger partial charge in [0.15, 0.2) is 11.7 Å². The van der Waals surface area contributed by atoms with Gasteiger partial charge in [-0.3, -0.25) is 9.79 Å². The molecule has 0 aliphatic heterocycles. The van der Waals surface area contributed by atoms with Crippen LogP contribution in [0.5, 0.6) is 0 Å². The Labute approximate surface area is 146 Å². The van der Waals surface area contributed by atoms with Crippen molar-refractivity contribution in [3.8, 4) is 0 Å². The molecule has 1 amide bonds. The Morgan fingerprint density at radius 3 is 2.68 bits per heavy atom. The van der Waals surface area contributed by atoms with E-state index >= 15 is 0 Å². The van der Waals surface area contributed by atoms with Crippen LogP contribution in [0.4, 0.5) is 4.39 Å². The second-order valence-corrected chi connectivity index (χ2v) is 5.61. The summed E-state index contributed by atoms with van der Waals surface area (Å²) in [5.74, 6) is 0.353. The second-order valence-electron chi connectivity index (χ2n) is 5.61. The SMILES string of the molecule is CN=C(NCCNC(=O)c1ccco1)NC(C)c1ccc(C)c(F)c1. The van der Waals surface area contributed by atoms with Gasteiger partial charge in [-0.2, -0.15) is 0 Å². The van der Waals surface area contributed by atoms with Crippen molar-refractivity contribution in [2.45, 2.75) is 19.9 Å². The highest BCUT2D eigenvalue weighted by Crippen LogP contribution is 2.16. The molecular weight excluding hydrogens is 323 g/mol. The van der Waals surface area contributed by atoms with Crippen LogP contribution in [-0.2, 0) is 0 Å². The smallest absolute Gasteiger partial charge is 0.287 e. The maximum absolute atomic E-state index is 13.7. The fourth-order valence-electron chi connectivity index (χ4n) is 2.21. The van der Waals surface area contributed by atoms with E-state index in [1.807, 2.05) is 13.0 Å². The molecule has 2 rings (SSSR count). The predicted molar refractivity (Wildman–Crippen MR) is 95.1 cm³/mol. The molecule has 0 bridgehead atoms. The number of carbonyl (C=O) groups is 1. The molecule has 1 heterocycles. The van der Waals surface area contributed by atoms with Gasteiger partial charge in [0.2, 0.25) is 0 Å². The highest BCUT2D eigenvalue weighted by Gasteiger charge is 2.10. The van der Waals surface area contributed by atoms with Gasteiger partial charge in [0.1, 0.15) is 5.82 Å². The third-order valence-electron chi connectivity index (χ3n) is 3.72. The van der Waals surface area contributed by atoms with Crippen molar-refractivity contribution < 1.29 is 13.6 Å². The summed E-state index contributed by atoms with van der Waals surface area (Å²) in [5, 5.41) is 9.02. The van der Waals surface area contributed by atoms with Crippen LogP contribution in [0.25, 0.3) is 0 Å². The molecule has 0 saturated heterocycles. The quantitative estimate of drug-likeness (QED) is 0.426. The van der Waals surface area contributed by atoms with E-state index in [0.717, 1.165) is 5.56 Å². The molecule has 0 spiro atoms. The van der Waals surface area contributed by atoms with Crippen LogP contribution >= 0.6 is 0 Å². The standard InChI is InChI=1S/C18H23FN4O2/c1-12-6-7-14(11-15(12)19)13(2)23-18(20-3)22-9-8-21-17(24)16-5-4-10-25-16/h4-7,10-11,13H,8-9H2,1-3H3,(H,21,24)(H2,20,22,23). The number of nitrogens with zero attached hydrogens (tertiary/aromatic N) is 1. The molecule has 1 atom stereocenters. The largest absolute Gasteiger partial charge is 0.459 e. The number of carbonyl (C=O) groups excluding carboxylic acids is 1. The van der Waals surface area contributed by atoms with Crippen molar-refractivity contribution in [3.63, 3.8) is 0 Å². The number of halogens is 1. The maximum Gasteiger partial charge on any atom is 0.287 e. The van der Waals surface area contributed by atoms with Crippen LogP contribution in [0.15, 0.2) is 46.0 Å². The molecular formula is C18H23FN4O2. The summed E-state index contributed by atoms with van der Waals surface area (Å²) in [4.78, 5) is 15.9. The molecule has 1 aromatic carbocycles. The van der Waals surface area contributed by atoms with Gasteiger partial charge in [-0.25, -0.2) is 4.39 Å². The fraction of sp³-hybridized carbons (Fsp3) is 0.333. The lowest BCUT2D eigenvalue weighted by molar-refractivity contribution is 0.0926. The topological polar surface area (TPSA) is 78.7 Å². The van der Waals surface area contributed by atoms with Crippen molar-refractivity contribution in [1.82, 2.24) is 16.0 Å². The van der Waals surface area contributed by atoms with Crippen LogP contribution in [0, 0.1) is 12.7 Å². The molecule has 0 fully saturated rings. The van der Waals surface area contributed by atoms with Gasteiger partial charge in [0, 0.05) is 20.1 Å². The van der Waals surface area contributed by atoms with E-state index in [4.69, 9.17) is 4.42 Å². The number of hydrogen-bond acceptors (Lipinski definition) is 3. The van der Waals surface area contributed by atoms with Crippen molar-refractivity contribution in [2.24, 2.45) is 4.99 Å². The number of nitrogens with one attached hydrogen (secondary N) is 3. The molecule has 1 aromatic heterocycles. The van der Waals surface area contributed by atoms with E-state index in [-0.39, 0.29) is 23.5 Å². The Morgan fingerprint density at radius 2 is 2.04 bits per heavy atom. The Bertz CT molecular complexity index is 729. The molecule has 134 valence electrons. The van der Waals surface area contributed by atoms with Crippen LogP contribution in [0.3, 0.4) is 0 Å². The minimum atomic E-state index is -0.266. The van der Waals surface area contributed by atoms with E-state index in [1.165, 1.54) is 12.3 Å². The van der Waals surface area contributed by atoms with E-state index in [1.54, 1.807) is 32.2 Å². The monoisotopic (exact) mass is 346 g/mol. The van der Waals surface area contributed by atoms with Crippen LogP contribution < -0.4 is 16.0 Å². The number of benzene rings is 1. The highest BCUT2D eigenvalue weighted by atomic mass is 19.1. The Balaban J connectivity index is 1.78. The lowest BCUT2D eigenvalue weighted by atomic mass is 10.1. The summed E-state index contributed by atoms with van der Waals surface area (Å²) < 4.78 is 18.7. The molecule has 0 radical (unpaired) electrons. The average Bonchev–Trinajstić information content (AvgIpc) is 3.14. The summed E-state index contributed by atoms with van der Waals surface area (Å²) in [6, 6.07) is 8.30. The summed E-state index contributed by atoms with van der Waals surface area (Å²) in [6.45, 7) is 4.55. The van der Waals surface area contributed by atoms with Crippen molar-refractivity contribution in [3.05, 3.63) is 59.3 Å². The summed E-state index contributed by atoms with van der Waals surface area (Å²) >= 11 is 0. The van der Waals surface area contributed by atoms with Gasteiger partial charge in [0.05, 0.1) is 12.3 Å². The van der Waals surface area contributed by atoms with E-state index in [2.05, 4.69) is 20.9 Å². The van der Waals surface area contributed by atoms with Crippen molar-refractivity contribution >= 4 is 11.9 Å². The normalized spacial score (nSPS) is 12.6. The molecule has 2 aromatic rings. The third-order valence-corrected chi connectivity index (χ3v) is 3.72. The molecule has 3 N–H and O–H groups in total. The molecule has 1 unspecified atom stereocenters. The third kappa shape index (κ3) is 5.34. The Kier molecular flexibility index (Phi) is 6.56. The maximum atomic E-state index is 13.7. The first-order chi connectivity index (χ1) is 12.0. The first-order valence-electron chi connectivity index (χ1n) is 8.06. The lowest BCUT2D eigenvalue weighted by Crippen LogP contribution is -2.42. The van der Waals surface area contributed by atoms with Gasteiger partial charge in [-0.15, -0.1) is 0 Å². The van der Waals surface area contributed by atoms with Crippen molar-refractivity contribution in [2.75, 3.05) is 20.1 Å². The summed E-state index contributed by atoms with van der Waals surface area (Å²) in [5.41, 5.74) is 1.45. The molecule has 0 aliphatic rings. The fourth-order valence-corrected chi connectivity index (χ4v) is 2.21. The number of rotatable bonds is 6. The highest BCUT2D eigenvalue weighted by molar-refractivity contribution is 5.91. The first-order valence-corrected chi connectivity index (χ1v) is 8.06. The lowest BCUT2D eigenvalue weighted by Gasteiger charge is -2.18. The zero-order valence-electron chi connectivity index (χ0n) is 14.6. The van der Waals surface area contributed by atoms with E-state index in [0.29, 0.717) is 24.6 Å². The Morgan fingerprint density at radius 1 is 1.28 bits per heavy atom. The second kappa shape index (κ2) is 8.86. The van der Waals surface area contributed by atoms with E-state index < -0.39 is 0 Å². The minimum Gasteiger partial charge on any atom is -0.459 e. The van der Waals surface area contributed by atoms with Crippen LogP contribution in [-0.4, -0.2) is 32.0 Å². The van der Waals surface area contributed by atoms with Gasteiger partial charge in [-0.1, -0.05) is 12.1 Å². The number of amides is 1. The first kappa shape index (κ1) is 18.5. The number of guanidine groups is 1. The number of aryl methyl sites for hydroxylation is 1. The van der Waals surface area contributed by atoms with E-state index in [9.17, 15) is 9.18 Å². The van der Waals surface area contributed by atoms with Crippen molar-refractivity contribution in [1.29, 1.82) is 0 Å². The number of hydrogen-bond donors (Lipinski definition) is 3. The van der Waals surface area contributed by atoms with Crippen LogP contribution in [0.2, 0.25) is 0 Å². The Hall–Kier alpha value is -2.83. The van der Waals surface area contributed by atoms with Crippen LogP contribution in [0.1, 0.15) is 34.6 Å². The van der Waals surface area contributed by atoms with Gasteiger partial charge in [0.25, 0.3) is 5.91 Å². The molecule has 0 aliphatic carbocycles. The summed E-state index contributed by atoms with van der Waals surface area (Å²) in [7, 11) is 1.65. The zero-order chi connectivity index (χ0) is 18.2. The van der Waals surface area contributed by atoms with Gasteiger partial charge < -0.3 is 20.4 Å². The summed E-state index contributed by atoms with van der Waals surface area (Å²) in [6.07, 6.45) is 1.45. The predicted octanol–water partition coefficient (Wildman–Crippen LogP) is 2.38. The minimum absolute atomic E-state index is 0.112. The van der Waals surface area contributed by atoms with Gasteiger partial charge in [-0.05, 0) is 43.2 Å². The molecule has 25 heavy (non-hydrogen) atoms. The molecule has 6 nitrogen and oxygen atoms in total. The number of aliphatic imine (C=N–C) groups is 1. The zero-order valence-corrected chi connectivity index (χ0v) is 14.6. The number of furan rings is 1.